The molecule has 1 heterocycles. The Labute approximate surface area is 99.2 Å². The zero-order valence-electron chi connectivity index (χ0n) is 9.30. The van der Waals surface area contributed by atoms with Crippen molar-refractivity contribution in [1.29, 1.82) is 0 Å². The number of hydrogen-bond acceptors (Lipinski definition) is 4. The first-order valence-electron chi connectivity index (χ1n) is 4.94. The quantitative estimate of drug-likeness (QED) is 0.712. The summed E-state index contributed by atoms with van der Waals surface area (Å²) < 4.78 is 0. The summed E-state index contributed by atoms with van der Waals surface area (Å²) in [5.41, 5.74) is 5.51. The first-order valence-corrected chi connectivity index (χ1v) is 5.35. The standard InChI is InChI=1S/C9H15N5OS/c1-3-6(8(10)16)9(15)14(2)4-7-11-5-12-13-7/h5-6H,3-4H2,1-2H3,(H2,10,16)(H,11,12,13). The minimum absolute atomic E-state index is 0.0913. The van der Waals surface area contributed by atoms with Gasteiger partial charge in [0.2, 0.25) is 5.91 Å². The van der Waals surface area contributed by atoms with Crippen LogP contribution in [0.1, 0.15) is 19.2 Å². The lowest BCUT2D eigenvalue weighted by Gasteiger charge is -2.21. The molecule has 3 N–H and O–H groups in total. The molecule has 7 heteroatoms. The average molecular weight is 241 g/mol. The Morgan fingerprint density at radius 2 is 2.44 bits per heavy atom. The van der Waals surface area contributed by atoms with Gasteiger partial charge in [-0.2, -0.15) is 5.10 Å². The third-order valence-corrected chi connectivity index (χ3v) is 2.56. The van der Waals surface area contributed by atoms with Crippen LogP contribution in [0.4, 0.5) is 0 Å². The van der Waals surface area contributed by atoms with Crippen LogP contribution in [0, 0.1) is 5.92 Å². The maximum atomic E-state index is 11.9. The summed E-state index contributed by atoms with van der Waals surface area (Å²) in [5.74, 6) is 0.142. The van der Waals surface area contributed by atoms with Crippen LogP contribution in [0.25, 0.3) is 0 Å². The molecular formula is C9H15N5OS. The molecule has 1 atom stereocenters. The molecule has 0 aliphatic carbocycles. The Morgan fingerprint density at radius 3 is 2.88 bits per heavy atom. The normalized spacial score (nSPS) is 12.1. The van der Waals surface area contributed by atoms with Crippen LogP contribution >= 0.6 is 12.2 Å². The molecule has 16 heavy (non-hydrogen) atoms. The summed E-state index contributed by atoms with van der Waals surface area (Å²) in [6, 6.07) is 0. The van der Waals surface area contributed by atoms with E-state index in [-0.39, 0.29) is 10.9 Å². The molecule has 1 aromatic rings. The molecule has 1 unspecified atom stereocenters. The van der Waals surface area contributed by atoms with Crippen molar-refractivity contribution in [2.24, 2.45) is 11.7 Å². The van der Waals surface area contributed by atoms with Gasteiger partial charge in [-0.1, -0.05) is 19.1 Å². The fourth-order valence-corrected chi connectivity index (χ4v) is 1.64. The number of H-pyrrole nitrogens is 1. The fraction of sp³-hybridized carbons (Fsp3) is 0.556. The van der Waals surface area contributed by atoms with E-state index in [1.54, 1.807) is 7.05 Å². The monoisotopic (exact) mass is 241 g/mol. The van der Waals surface area contributed by atoms with Gasteiger partial charge in [-0.25, -0.2) is 4.98 Å². The zero-order valence-corrected chi connectivity index (χ0v) is 10.1. The number of hydrogen-bond donors (Lipinski definition) is 2. The first kappa shape index (κ1) is 12.6. The molecular weight excluding hydrogens is 226 g/mol. The van der Waals surface area contributed by atoms with Gasteiger partial charge in [0, 0.05) is 7.05 Å². The molecule has 0 bridgehead atoms. The Balaban J connectivity index is 2.62. The summed E-state index contributed by atoms with van der Waals surface area (Å²) in [6.07, 6.45) is 2.01. The van der Waals surface area contributed by atoms with Crippen molar-refractivity contribution < 1.29 is 4.79 Å². The molecule has 0 saturated carbocycles. The number of carbonyl (C=O) groups excluding carboxylic acids is 1. The van der Waals surface area contributed by atoms with Crippen molar-refractivity contribution in [3.63, 3.8) is 0 Å². The van der Waals surface area contributed by atoms with E-state index < -0.39 is 5.92 Å². The number of nitrogens with zero attached hydrogens (tertiary/aromatic N) is 3. The molecule has 0 saturated heterocycles. The van der Waals surface area contributed by atoms with E-state index in [1.807, 2.05) is 6.92 Å². The third-order valence-electron chi connectivity index (χ3n) is 2.28. The minimum atomic E-state index is -0.400. The smallest absolute Gasteiger partial charge is 0.232 e. The summed E-state index contributed by atoms with van der Waals surface area (Å²) >= 11 is 4.85. The summed E-state index contributed by atoms with van der Waals surface area (Å²) in [4.78, 5) is 17.7. The van der Waals surface area contributed by atoms with E-state index in [9.17, 15) is 4.79 Å². The number of nitrogens with one attached hydrogen (secondary N) is 1. The van der Waals surface area contributed by atoms with Crippen LogP contribution < -0.4 is 5.73 Å². The Hall–Kier alpha value is -1.50. The van der Waals surface area contributed by atoms with Crippen molar-refractivity contribution in [2.75, 3.05) is 7.05 Å². The topological polar surface area (TPSA) is 87.9 Å². The van der Waals surface area contributed by atoms with Crippen LogP contribution in [-0.4, -0.2) is 38.0 Å². The lowest BCUT2D eigenvalue weighted by molar-refractivity contribution is -0.132. The number of aromatic amines is 1. The van der Waals surface area contributed by atoms with E-state index in [0.29, 0.717) is 18.8 Å². The van der Waals surface area contributed by atoms with E-state index >= 15 is 0 Å². The van der Waals surface area contributed by atoms with Gasteiger partial charge < -0.3 is 10.6 Å². The second-order valence-electron chi connectivity index (χ2n) is 3.49. The lowest BCUT2D eigenvalue weighted by Crippen LogP contribution is -2.38. The molecule has 1 amide bonds. The highest BCUT2D eigenvalue weighted by Crippen LogP contribution is 2.08. The highest BCUT2D eigenvalue weighted by Gasteiger charge is 2.23. The number of aromatic nitrogens is 3. The predicted molar refractivity (Wildman–Crippen MR) is 63.4 cm³/mol. The highest BCUT2D eigenvalue weighted by molar-refractivity contribution is 7.80. The summed E-state index contributed by atoms with van der Waals surface area (Å²) in [7, 11) is 1.69. The minimum Gasteiger partial charge on any atom is -0.393 e. The van der Waals surface area contributed by atoms with Crippen molar-refractivity contribution >= 4 is 23.1 Å². The number of carbonyl (C=O) groups is 1. The molecule has 1 rings (SSSR count). The molecule has 0 aliphatic heterocycles. The molecule has 6 nitrogen and oxygen atoms in total. The highest BCUT2D eigenvalue weighted by atomic mass is 32.1. The van der Waals surface area contributed by atoms with Gasteiger partial charge in [0.25, 0.3) is 0 Å². The van der Waals surface area contributed by atoms with Crippen LogP contribution in [0.15, 0.2) is 6.33 Å². The van der Waals surface area contributed by atoms with Gasteiger partial charge in [0.15, 0.2) is 0 Å². The molecule has 0 spiro atoms. The SMILES string of the molecule is CCC(C(=O)N(C)Cc1ncn[nH]1)C(N)=S. The van der Waals surface area contributed by atoms with E-state index in [4.69, 9.17) is 18.0 Å². The van der Waals surface area contributed by atoms with Gasteiger partial charge in [-0.15, -0.1) is 0 Å². The van der Waals surface area contributed by atoms with Crippen LogP contribution in [0.2, 0.25) is 0 Å². The molecule has 0 fully saturated rings. The van der Waals surface area contributed by atoms with Gasteiger partial charge >= 0.3 is 0 Å². The molecule has 1 aromatic heterocycles. The number of nitrogens with two attached hydrogens (primary N) is 1. The van der Waals surface area contributed by atoms with E-state index in [0.717, 1.165) is 0 Å². The lowest BCUT2D eigenvalue weighted by atomic mass is 10.1. The van der Waals surface area contributed by atoms with Crippen molar-refractivity contribution in [1.82, 2.24) is 20.1 Å². The average Bonchev–Trinajstić information content (AvgIpc) is 2.70. The van der Waals surface area contributed by atoms with Crippen molar-refractivity contribution in [3.05, 3.63) is 12.2 Å². The zero-order chi connectivity index (χ0) is 12.1. The number of thiocarbonyl (C=S) groups is 1. The maximum absolute atomic E-state index is 11.9. The maximum Gasteiger partial charge on any atom is 0.232 e. The summed E-state index contributed by atoms with van der Waals surface area (Å²) in [6.45, 7) is 2.25. The van der Waals surface area contributed by atoms with Gasteiger partial charge in [0.1, 0.15) is 12.2 Å². The van der Waals surface area contributed by atoms with Gasteiger partial charge in [0.05, 0.1) is 17.5 Å². The van der Waals surface area contributed by atoms with Crippen molar-refractivity contribution in [3.8, 4) is 0 Å². The fourth-order valence-electron chi connectivity index (χ4n) is 1.37. The molecule has 0 radical (unpaired) electrons. The third kappa shape index (κ3) is 2.99. The number of rotatable bonds is 5. The van der Waals surface area contributed by atoms with E-state index in [2.05, 4.69) is 15.2 Å². The van der Waals surface area contributed by atoms with Crippen molar-refractivity contribution in [2.45, 2.75) is 19.9 Å². The second-order valence-corrected chi connectivity index (χ2v) is 3.96. The molecule has 88 valence electrons. The van der Waals surface area contributed by atoms with Crippen LogP contribution in [-0.2, 0) is 11.3 Å². The van der Waals surface area contributed by atoms with Crippen LogP contribution in [0.3, 0.4) is 0 Å². The number of amides is 1. The van der Waals surface area contributed by atoms with Gasteiger partial charge in [-0.05, 0) is 6.42 Å². The van der Waals surface area contributed by atoms with Gasteiger partial charge in [-0.3, -0.25) is 9.89 Å². The van der Waals surface area contributed by atoms with E-state index in [1.165, 1.54) is 11.2 Å². The largest absolute Gasteiger partial charge is 0.393 e. The summed E-state index contributed by atoms with van der Waals surface area (Å²) in [5, 5.41) is 6.40. The van der Waals surface area contributed by atoms with Crippen LogP contribution in [0.5, 0.6) is 0 Å². The Morgan fingerprint density at radius 1 is 1.75 bits per heavy atom. The Kier molecular flexibility index (Phi) is 4.36. The Bertz CT molecular complexity index is 364. The second kappa shape index (κ2) is 5.55. The predicted octanol–water partition coefficient (Wildman–Crippen LogP) is 0.0754. The first-order chi connectivity index (χ1) is 7.56. The molecule has 0 aliphatic rings. The molecule has 0 aromatic carbocycles.